The van der Waals surface area contributed by atoms with Gasteiger partial charge in [-0.1, -0.05) is 18.2 Å². The molecule has 2 fully saturated rings. The lowest BCUT2D eigenvalue weighted by Gasteiger charge is -2.32. The second-order valence-corrected chi connectivity index (χ2v) is 12.7. The number of rotatable bonds is 10. The number of hydrogen-bond donors (Lipinski definition) is 1. The standard InChI is InChI=1S/C21H29N5O.C14H22FN3O.2H2S/c1-14-6-4-8-19(15(14)2)26-11-9-17-18(12-26)23-21(24-20(17)22)27-13-16-7-5-10-25(16)3;1-4-18(12(2)10-16-3)14(19)6-5-8-17-9-7-13(15)11-17;;/h4,6,8,16H,5,7,9-13H2,1-3H3,(H2,22,23,24);5-6,12-13H,4,7-11H2,1-2H3;2*1H2/b;6-5+;;/t16-;12-,13?;;/m01../s1. The van der Waals surface area contributed by atoms with Crippen molar-refractivity contribution in [1.82, 2.24) is 24.7 Å². The molecule has 0 bridgehead atoms. The van der Waals surface area contributed by atoms with E-state index in [0.717, 1.165) is 50.3 Å². The number of nitrogen functional groups attached to an aromatic ring is 1. The van der Waals surface area contributed by atoms with Crippen LogP contribution in [0, 0.1) is 20.4 Å². The molecule has 2 saturated heterocycles. The van der Waals surface area contributed by atoms with Crippen LogP contribution in [0.1, 0.15) is 55.5 Å². The number of nitrogens with two attached hydrogens (primary N) is 1. The molecule has 1 unspecified atom stereocenters. The Labute approximate surface area is 300 Å². The van der Waals surface area contributed by atoms with Crippen molar-refractivity contribution in [2.24, 2.45) is 0 Å². The molecule has 3 atom stereocenters. The van der Waals surface area contributed by atoms with Crippen LogP contribution in [0.25, 0.3) is 4.85 Å². The normalized spacial score (nSPS) is 19.7. The third kappa shape index (κ3) is 11.0. The summed E-state index contributed by atoms with van der Waals surface area (Å²) in [5.74, 6) is 0.491. The van der Waals surface area contributed by atoms with E-state index in [1.54, 1.807) is 11.0 Å². The molecule has 0 saturated carbocycles. The fraction of sp³-hybridized carbons (Fsp3) is 0.600. The van der Waals surface area contributed by atoms with Gasteiger partial charge in [0.15, 0.2) is 0 Å². The molecular weight excluding hydrogens is 648 g/mol. The van der Waals surface area contributed by atoms with Gasteiger partial charge in [0.1, 0.15) is 24.6 Å². The van der Waals surface area contributed by atoms with E-state index in [-0.39, 0.29) is 38.9 Å². The SMILES string of the molecule is Cc1cccc(N2CCc3c(N)nc(OC[C@@H]4CCCN4C)nc3C2)c1C.S.S.[C-]#[N+]C[C@@H](C)N(CC)C(=O)/C=C/CN1CCC(F)C1. The third-order valence-corrected chi connectivity index (χ3v) is 9.42. The molecule has 0 radical (unpaired) electrons. The van der Waals surface area contributed by atoms with Crippen LogP contribution in [0.4, 0.5) is 15.9 Å². The summed E-state index contributed by atoms with van der Waals surface area (Å²) >= 11 is 0. The number of anilines is 2. The number of alkyl halides is 1. The van der Waals surface area contributed by atoms with Gasteiger partial charge in [0.05, 0.1) is 12.2 Å². The van der Waals surface area contributed by atoms with Crippen LogP contribution in [0.2, 0.25) is 0 Å². The molecule has 0 aliphatic carbocycles. The number of aryl methyl sites for hydroxylation is 1. The summed E-state index contributed by atoms with van der Waals surface area (Å²) in [6.07, 6.45) is 6.43. The summed E-state index contributed by atoms with van der Waals surface area (Å²) in [6.45, 7) is 21.1. The Balaban J connectivity index is 0.000000340. The van der Waals surface area contributed by atoms with Crippen molar-refractivity contribution in [2.75, 3.05) is 70.1 Å². The fourth-order valence-electron chi connectivity index (χ4n) is 6.41. The summed E-state index contributed by atoms with van der Waals surface area (Å²) in [5, 5.41) is 0. The topological polar surface area (TPSA) is 95.4 Å². The number of amides is 1. The maximum Gasteiger partial charge on any atom is 0.318 e. The van der Waals surface area contributed by atoms with Gasteiger partial charge < -0.3 is 30.0 Å². The zero-order valence-electron chi connectivity index (χ0n) is 29.2. The van der Waals surface area contributed by atoms with Gasteiger partial charge in [-0.15, -0.1) is 0 Å². The molecule has 1 aromatic heterocycles. The molecule has 5 rings (SSSR count). The summed E-state index contributed by atoms with van der Waals surface area (Å²) in [6, 6.07) is 7.25. The van der Waals surface area contributed by atoms with E-state index < -0.39 is 6.17 Å². The zero-order chi connectivity index (χ0) is 33.2. The van der Waals surface area contributed by atoms with E-state index in [1.165, 1.54) is 29.3 Å². The number of carbonyl (C=O) groups excluding carboxylic acids is 1. The molecule has 3 aliphatic heterocycles. The third-order valence-electron chi connectivity index (χ3n) is 9.42. The Hall–Kier alpha value is -3.05. The van der Waals surface area contributed by atoms with Crippen molar-refractivity contribution < 1.29 is 13.9 Å². The first-order valence-corrected chi connectivity index (χ1v) is 16.6. The Kier molecular flexibility index (Phi) is 17.0. The molecule has 48 heavy (non-hydrogen) atoms. The van der Waals surface area contributed by atoms with Crippen LogP contribution >= 0.6 is 27.0 Å². The number of hydrogen-bond acceptors (Lipinski definition) is 8. The molecule has 2 N–H and O–H groups in total. The van der Waals surface area contributed by atoms with E-state index >= 15 is 0 Å². The van der Waals surface area contributed by atoms with Crippen molar-refractivity contribution in [3.63, 3.8) is 0 Å². The largest absolute Gasteiger partial charge is 0.462 e. The second kappa shape index (κ2) is 19.8. The second-order valence-electron chi connectivity index (χ2n) is 12.7. The first-order valence-electron chi connectivity index (χ1n) is 16.6. The summed E-state index contributed by atoms with van der Waals surface area (Å²) < 4.78 is 18.9. The monoisotopic (exact) mass is 702 g/mol. The zero-order valence-corrected chi connectivity index (χ0v) is 31.2. The average molecular weight is 703 g/mol. The van der Waals surface area contributed by atoms with Crippen molar-refractivity contribution in [3.8, 4) is 6.01 Å². The van der Waals surface area contributed by atoms with Gasteiger partial charge in [0, 0.05) is 56.1 Å². The highest BCUT2D eigenvalue weighted by molar-refractivity contribution is 7.59. The molecular formula is C35H55FN8O2S2. The Morgan fingerprint density at radius 2 is 2.00 bits per heavy atom. The minimum absolute atomic E-state index is 0. The summed E-state index contributed by atoms with van der Waals surface area (Å²) in [5.41, 5.74) is 12.2. The fourth-order valence-corrected chi connectivity index (χ4v) is 6.41. The van der Waals surface area contributed by atoms with Crippen molar-refractivity contribution in [2.45, 2.75) is 78.2 Å². The smallest absolute Gasteiger partial charge is 0.318 e. The first kappa shape index (κ1) is 41.1. The molecule has 2 aromatic rings. The van der Waals surface area contributed by atoms with Gasteiger partial charge in [-0.3, -0.25) is 9.69 Å². The molecule has 1 amide bonds. The highest BCUT2D eigenvalue weighted by atomic mass is 32.1. The van der Waals surface area contributed by atoms with Crippen LogP contribution in [0.5, 0.6) is 6.01 Å². The Morgan fingerprint density at radius 3 is 2.65 bits per heavy atom. The van der Waals surface area contributed by atoms with Gasteiger partial charge in [0.2, 0.25) is 12.5 Å². The number of benzene rings is 1. The number of aromatic nitrogens is 2. The van der Waals surface area contributed by atoms with Gasteiger partial charge in [0.25, 0.3) is 0 Å². The highest BCUT2D eigenvalue weighted by Crippen LogP contribution is 2.30. The minimum Gasteiger partial charge on any atom is -0.462 e. The predicted molar refractivity (Wildman–Crippen MR) is 202 cm³/mol. The molecule has 0 spiro atoms. The molecule has 266 valence electrons. The van der Waals surface area contributed by atoms with E-state index in [1.807, 2.05) is 18.7 Å². The number of nitrogens with zero attached hydrogens (tertiary/aromatic N) is 7. The summed E-state index contributed by atoms with van der Waals surface area (Å²) in [4.78, 5) is 32.8. The number of halogens is 1. The lowest BCUT2D eigenvalue weighted by atomic mass is 10.0. The number of ether oxygens (including phenoxy) is 1. The first-order chi connectivity index (χ1) is 22.1. The predicted octanol–water partition coefficient (Wildman–Crippen LogP) is 4.68. The van der Waals surface area contributed by atoms with E-state index in [9.17, 15) is 9.18 Å². The number of fused-ring (bicyclic) bond motifs is 1. The maximum absolute atomic E-state index is 13.0. The molecule has 10 nitrogen and oxygen atoms in total. The van der Waals surface area contributed by atoms with Crippen molar-refractivity contribution >= 4 is 44.4 Å². The van der Waals surface area contributed by atoms with E-state index in [2.05, 4.69) is 58.7 Å². The number of carbonyl (C=O) groups is 1. The Bertz CT molecular complexity index is 1410. The Morgan fingerprint density at radius 1 is 1.23 bits per heavy atom. The lowest BCUT2D eigenvalue weighted by molar-refractivity contribution is -0.127. The van der Waals surface area contributed by atoms with Crippen LogP contribution in [0.3, 0.4) is 0 Å². The maximum atomic E-state index is 13.0. The van der Waals surface area contributed by atoms with Gasteiger partial charge in [-0.2, -0.15) is 37.0 Å². The molecule has 4 heterocycles. The van der Waals surface area contributed by atoms with Crippen LogP contribution in [-0.4, -0.2) is 108 Å². The molecule has 1 aromatic carbocycles. The quantitative estimate of drug-likeness (QED) is 0.282. The number of likely N-dealkylation sites (N-methyl/N-ethyl adjacent to an activating group) is 2. The van der Waals surface area contributed by atoms with Crippen LogP contribution in [-0.2, 0) is 17.8 Å². The summed E-state index contributed by atoms with van der Waals surface area (Å²) in [7, 11) is 2.14. The molecule has 13 heteroatoms. The lowest BCUT2D eigenvalue weighted by Crippen LogP contribution is -2.39. The van der Waals surface area contributed by atoms with Gasteiger partial charge >= 0.3 is 6.01 Å². The highest BCUT2D eigenvalue weighted by Gasteiger charge is 2.26. The van der Waals surface area contributed by atoms with Crippen LogP contribution in [0.15, 0.2) is 30.4 Å². The van der Waals surface area contributed by atoms with Gasteiger partial charge in [-0.05, 0) is 84.2 Å². The van der Waals surface area contributed by atoms with E-state index in [4.69, 9.17) is 22.0 Å². The van der Waals surface area contributed by atoms with Crippen molar-refractivity contribution in [3.05, 3.63) is 64.2 Å². The van der Waals surface area contributed by atoms with Crippen LogP contribution < -0.4 is 15.4 Å². The average Bonchev–Trinajstić information content (AvgIpc) is 3.64. The van der Waals surface area contributed by atoms with Gasteiger partial charge in [-0.25, -0.2) is 11.0 Å². The van der Waals surface area contributed by atoms with E-state index in [0.29, 0.717) is 57.1 Å². The number of likely N-dealkylation sites (tertiary alicyclic amines) is 2. The molecule has 3 aliphatic rings. The minimum atomic E-state index is -0.727. The van der Waals surface area contributed by atoms with Crippen molar-refractivity contribution in [1.29, 1.82) is 0 Å².